The third-order valence-corrected chi connectivity index (χ3v) is 1.93. The summed E-state index contributed by atoms with van der Waals surface area (Å²) in [5.74, 6) is -2.54. The number of hydrogen-bond acceptors (Lipinski definition) is 3. The number of hydrogen-bond donors (Lipinski definition) is 1. The number of aromatic nitrogens is 1. The zero-order valence-corrected chi connectivity index (χ0v) is 8.44. The lowest BCUT2D eigenvalue weighted by atomic mass is 10.2. The number of ether oxygens (including phenoxy) is 1. The Morgan fingerprint density at radius 2 is 2.06 bits per heavy atom. The summed E-state index contributed by atoms with van der Waals surface area (Å²) in [6, 6.07) is 0. The lowest BCUT2D eigenvalue weighted by Crippen LogP contribution is -2.19. The van der Waals surface area contributed by atoms with Crippen molar-refractivity contribution in [3.63, 3.8) is 0 Å². The molecule has 90 valence electrons. The summed E-state index contributed by atoms with van der Waals surface area (Å²) in [6.45, 7) is -0.685. The number of alkyl halides is 4. The van der Waals surface area contributed by atoms with Crippen LogP contribution in [0.1, 0.15) is 11.1 Å². The number of aliphatic hydroxyl groups excluding tert-OH is 1. The van der Waals surface area contributed by atoms with Crippen LogP contribution in [0.2, 0.25) is 0 Å². The van der Waals surface area contributed by atoms with E-state index in [0.29, 0.717) is 0 Å². The molecule has 0 aliphatic rings. The topological polar surface area (TPSA) is 42.4 Å². The molecule has 0 saturated heterocycles. The van der Waals surface area contributed by atoms with Gasteiger partial charge in [-0.1, -0.05) is 0 Å². The summed E-state index contributed by atoms with van der Waals surface area (Å²) < 4.78 is 52.5. The quantitative estimate of drug-likeness (QED) is 0.669. The van der Waals surface area contributed by atoms with Gasteiger partial charge in [0, 0.05) is 11.8 Å². The van der Waals surface area contributed by atoms with Crippen molar-refractivity contribution in [2.24, 2.45) is 0 Å². The lowest BCUT2D eigenvalue weighted by Gasteiger charge is -2.12. The number of nitrogens with zero attached hydrogens (tertiary/aromatic N) is 1. The predicted molar refractivity (Wildman–Crippen MR) is 46.4 cm³/mol. The van der Waals surface area contributed by atoms with Gasteiger partial charge >= 0.3 is 6.36 Å². The zero-order valence-electron chi connectivity index (χ0n) is 7.68. The van der Waals surface area contributed by atoms with E-state index in [4.69, 9.17) is 16.7 Å². The number of rotatable bonds is 3. The van der Waals surface area contributed by atoms with Crippen LogP contribution in [0.5, 0.6) is 5.88 Å². The van der Waals surface area contributed by atoms with Gasteiger partial charge in [-0.25, -0.2) is 9.37 Å². The zero-order chi connectivity index (χ0) is 12.3. The second kappa shape index (κ2) is 4.84. The molecule has 0 unspecified atom stereocenters. The highest BCUT2D eigenvalue weighted by Crippen LogP contribution is 2.28. The van der Waals surface area contributed by atoms with Crippen LogP contribution >= 0.6 is 11.6 Å². The summed E-state index contributed by atoms with van der Waals surface area (Å²) in [4.78, 5) is 3.24. The molecular weight excluding hydrogens is 254 g/mol. The molecule has 0 spiro atoms. The first-order valence-electron chi connectivity index (χ1n) is 3.98. The Bertz CT molecular complexity index is 383. The minimum atomic E-state index is -4.97. The second-order valence-electron chi connectivity index (χ2n) is 2.72. The van der Waals surface area contributed by atoms with E-state index in [0.717, 1.165) is 6.20 Å². The SMILES string of the molecule is OCc1cnc(OC(F)(F)F)c(CCl)c1F. The molecule has 0 aliphatic heterocycles. The Hall–Kier alpha value is -1.08. The molecule has 0 atom stereocenters. The van der Waals surface area contributed by atoms with E-state index in [1.807, 2.05) is 0 Å². The van der Waals surface area contributed by atoms with Gasteiger partial charge in [0.15, 0.2) is 0 Å². The first-order chi connectivity index (χ1) is 7.39. The third-order valence-electron chi connectivity index (χ3n) is 1.66. The van der Waals surface area contributed by atoms with E-state index in [2.05, 4.69) is 9.72 Å². The van der Waals surface area contributed by atoms with Crippen molar-refractivity contribution < 1.29 is 27.4 Å². The maximum atomic E-state index is 13.4. The maximum absolute atomic E-state index is 13.4. The smallest absolute Gasteiger partial charge is 0.392 e. The maximum Gasteiger partial charge on any atom is 0.574 e. The largest absolute Gasteiger partial charge is 0.574 e. The molecule has 1 aromatic rings. The highest BCUT2D eigenvalue weighted by Gasteiger charge is 2.33. The van der Waals surface area contributed by atoms with E-state index in [-0.39, 0.29) is 5.56 Å². The molecule has 0 aliphatic carbocycles. The summed E-state index contributed by atoms with van der Waals surface area (Å²) in [6.07, 6.45) is -4.21. The average Bonchev–Trinajstić information content (AvgIpc) is 2.16. The molecule has 1 rings (SSSR count). The molecule has 8 heteroatoms. The number of aliphatic hydroxyl groups is 1. The molecule has 0 amide bonds. The van der Waals surface area contributed by atoms with Gasteiger partial charge in [0.1, 0.15) is 5.82 Å². The molecule has 0 aromatic carbocycles. The van der Waals surface area contributed by atoms with Gasteiger partial charge < -0.3 is 9.84 Å². The summed E-state index contributed by atoms with van der Waals surface area (Å²) in [5.41, 5.74) is -0.782. The van der Waals surface area contributed by atoms with Crippen molar-refractivity contribution in [2.45, 2.75) is 18.8 Å². The van der Waals surface area contributed by atoms with Crippen LogP contribution in [-0.2, 0) is 12.5 Å². The second-order valence-corrected chi connectivity index (χ2v) is 2.99. The number of halogens is 5. The van der Waals surface area contributed by atoms with Crippen molar-refractivity contribution in [1.82, 2.24) is 4.98 Å². The van der Waals surface area contributed by atoms with Gasteiger partial charge in [0.25, 0.3) is 0 Å². The standard InChI is InChI=1S/C8H6ClF4NO2/c9-1-5-6(10)4(3-15)2-14-7(5)16-8(11,12)13/h2,15H,1,3H2. The van der Waals surface area contributed by atoms with Crippen LogP contribution in [0.25, 0.3) is 0 Å². The highest BCUT2D eigenvalue weighted by atomic mass is 35.5. The minimum Gasteiger partial charge on any atom is -0.392 e. The summed E-state index contributed by atoms with van der Waals surface area (Å²) in [5, 5.41) is 8.68. The molecule has 0 bridgehead atoms. The van der Waals surface area contributed by atoms with Gasteiger partial charge in [0.05, 0.1) is 18.1 Å². The predicted octanol–water partition coefficient (Wildman–Crippen LogP) is 2.35. The minimum absolute atomic E-state index is 0.245. The van der Waals surface area contributed by atoms with E-state index in [1.165, 1.54) is 0 Å². The van der Waals surface area contributed by atoms with Gasteiger partial charge in [-0.05, 0) is 0 Å². The molecule has 1 aromatic heterocycles. The van der Waals surface area contributed by atoms with Gasteiger partial charge in [-0.3, -0.25) is 0 Å². The normalized spacial score (nSPS) is 11.6. The van der Waals surface area contributed by atoms with Gasteiger partial charge in [-0.2, -0.15) is 0 Å². The molecule has 3 nitrogen and oxygen atoms in total. The van der Waals surface area contributed by atoms with E-state index in [9.17, 15) is 17.6 Å². The summed E-state index contributed by atoms with van der Waals surface area (Å²) in [7, 11) is 0. The Balaban J connectivity index is 3.16. The molecule has 0 radical (unpaired) electrons. The van der Waals surface area contributed by atoms with Crippen molar-refractivity contribution >= 4 is 11.6 Å². The van der Waals surface area contributed by atoms with E-state index in [1.54, 1.807) is 0 Å². The Kier molecular flexibility index (Phi) is 3.93. The fraction of sp³-hybridized carbons (Fsp3) is 0.375. The Morgan fingerprint density at radius 3 is 2.50 bits per heavy atom. The van der Waals surface area contributed by atoms with Crippen LogP contribution in [-0.4, -0.2) is 16.5 Å². The van der Waals surface area contributed by atoms with Crippen LogP contribution in [0.4, 0.5) is 17.6 Å². The Labute approximate surface area is 92.6 Å². The molecule has 0 fully saturated rings. The fourth-order valence-electron chi connectivity index (χ4n) is 0.982. The van der Waals surface area contributed by atoms with Crippen molar-refractivity contribution in [3.05, 3.63) is 23.1 Å². The third kappa shape index (κ3) is 2.96. The highest BCUT2D eigenvalue weighted by molar-refractivity contribution is 6.17. The van der Waals surface area contributed by atoms with Crippen LogP contribution in [0.15, 0.2) is 6.20 Å². The first kappa shape index (κ1) is 13.0. The van der Waals surface area contributed by atoms with E-state index >= 15 is 0 Å². The average molecular weight is 260 g/mol. The van der Waals surface area contributed by atoms with Crippen LogP contribution in [0, 0.1) is 5.82 Å². The Morgan fingerprint density at radius 1 is 1.44 bits per heavy atom. The van der Waals surface area contributed by atoms with Crippen LogP contribution in [0.3, 0.4) is 0 Å². The lowest BCUT2D eigenvalue weighted by molar-refractivity contribution is -0.276. The van der Waals surface area contributed by atoms with Crippen molar-refractivity contribution in [1.29, 1.82) is 0 Å². The molecular formula is C8H6ClF4NO2. The number of pyridine rings is 1. The molecule has 1 heterocycles. The van der Waals surface area contributed by atoms with Crippen LogP contribution < -0.4 is 4.74 Å². The molecule has 0 saturated carbocycles. The van der Waals surface area contributed by atoms with E-state index < -0.39 is 36.1 Å². The van der Waals surface area contributed by atoms with Crippen molar-refractivity contribution in [2.75, 3.05) is 0 Å². The van der Waals surface area contributed by atoms with Gasteiger partial charge in [-0.15, -0.1) is 24.8 Å². The van der Waals surface area contributed by atoms with Crippen molar-refractivity contribution in [3.8, 4) is 5.88 Å². The fourth-order valence-corrected chi connectivity index (χ4v) is 1.21. The summed E-state index contributed by atoms with van der Waals surface area (Å²) >= 11 is 5.29. The first-order valence-corrected chi connectivity index (χ1v) is 4.51. The molecule has 16 heavy (non-hydrogen) atoms. The monoisotopic (exact) mass is 259 g/mol. The molecule has 1 N–H and O–H groups in total. The van der Waals surface area contributed by atoms with Gasteiger partial charge in [0.2, 0.25) is 5.88 Å².